The number of allylic oxidation sites excluding steroid dienone is 1. The zero-order valence-electron chi connectivity index (χ0n) is 8.46. The third kappa shape index (κ3) is 2.12. The van der Waals surface area contributed by atoms with Gasteiger partial charge in [0.25, 0.3) is 0 Å². The molecule has 13 heavy (non-hydrogen) atoms. The van der Waals surface area contributed by atoms with E-state index in [2.05, 4.69) is 17.9 Å². The van der Waals surface area contributed by atoms with Gasteiger partial charge in [-0.1, -0.05) is 11.6 Å². The topological polar surface area (TPSA) is 12.5 Å². The maximum absolute atomic E-state index is 5.35. The predicted octanol–water partition coefficient (Wildman–Crippen LogP) is 1.82. The van der Waals surface area contributed by atoms with Gasteiger partial charge in [0.15, 0.2) is 0 Å². The Morgan fingerprint density at radius 3 is 2.77 bits per heavy atom. The van der Waals surface area contributed by atoms with Crippen molar-refractivity contribution in [3.05, 3.63) is 11.6 Å². The molecular formula is C11H19NO. The molecule has 0 spiro atoms. The first-order chi connectivity index (χ1) is 6.38. The van der Waals surface area contributed by atoms with Crippen molar-refractivity contribution in [1.82, 2.24) is 4.90 Å². The molecule has 1 fully saturated rings. The van der Waals surface area contributed by atoms with Crippen molar-refractivity contribution in [3.63, 3.8) is 0 Å². The highest BCUT2D eigenvalue weighted by Gasteiger charge is 2.21. The lowest BCUT2D eigenvalue weighted by Crippen LogP contribution is -2.42. The van der Waals surface area contributed by atoms with Crippen molar-refractivity contribution in [3.8, 4) is 0 Å². The molecule has 0 saturated carbocycles. The van der Waals surface area contributed by atoms with Crippen LogP contribution in [-0.2, 0) is 4.74 Å². The molecule has 1 saturated heterocycles. The minimum Gasteiger partial charge on any atom is -0.379 e. The maximum atomic E-state index is 5.35. The Labute approximate surface area is 80.6 Å². The lowest BCUT2D eigenvalue weighted by Gasteiger charge is -2.33. The minimum atomic E-state index is 0.659. The SMILES string of the molecule is CC(C1=CCCC1)N1CCOCC1. The summed E-state index contributed by atoms with van der Waals surface area (Å²) in [7, 11) is 0. The molecule has 0 bridgehead atoms. The van der Waals surface area contributed by atoms with Gasteiger partial charge in [-0.25, -0.2) is 0 Å². The number of hydrogen-bond acceptors (Lipinski definition) is 2. The first kappa shape index (κ1) is 9.22. The molecule has 0 amide bonds. The van der Waals surface area contributed by atoms with Crippen LogP contribution in [-0.4, -0.2) is 37.2 Å². The zero-order chi connectivity index (χ0) is 9.10. The summed E-state index contributed by atoms with van der Waals surface area (Å²) in [6.07, 6.45) is 6.41. The van der Waals surface area contributed by atoms with Crippen LogP contribution in [0.15, 0.2) is 11.6 Å². The van der Waals surface area contributed by atoms with Crippen LogP contribution in [0.1, 0.15) is 26.2 Å². The van der Waals surface area contributed by atoms with Gasteiger partial charge in [-0.15, -0.1) is 0 Å². The molecule has 0 aromatic carbocycles. The molecule has 1 unspecified atom stereocenters. The molecule has 0 N–H and O–H groups in total. The van der Waals surface area contributed by atoms with Gasteiger partial charge in [-0.2, -0.15) is 0 Å². The first-order valence-electron chi connectivity index (χ1n) is 5.38. The summed E-state index contributed by atoms with van der Waals surface area (Å²) in [5.41, 5.74) is 1.65. The van der Waals surface area contributed by atoms with Crippen molar-refractivity contribution in [2.24, 2.45) is 0 Å². The largest absolute Gasteiger partial charge is 0.379 e. The van der Waals surface area contributed by atoms with Crippen LogP contribution in [0.4, 0.5) is 0 Å². The maximum Gasteiger partial charge on any atom is 0.0594 e. The second-order valence-electron chi connectivity index (χ2n) is 4.00. The molecule has 0 aromatic rings. The lowest BCUT2D eigenvalue weighted by atomic mass is 10.1. The van der Waals surface area contributed by atoms with E-state index in [1.165, 1.54) is 19.3 Å². The van der Waals surface area contributed by atoms with Gasteiger partial charge in [0, 0.05) is 19.1 Å². The van der Waals surface area contributed by atoms with E-state index in [9.17, 15) is 0 Å². The normalized spacial score (nSPS) is 27.3. The number of nitrogens with zero attached hydrogens (tertiary/aromatic N) is 1. The average Bonchev–Trinajstić information content (AvgIpc) is 2.71. The summed E-state index contributed by atoms with van der Waals surface area (Å²) in [5.74, 6) is 0. The third-order valence-corrected chi connectivity index (χ3v) is 3.21. The fourth-order valence-electron chi connectivity index (χ4n) is 2.27. The molecule has 1 heterocycles. The molecule has 2 nitrogen and oxygen atoms in total. The Morgan fingerprint density at radius 1 is 1.38 bits per heavy atom. The van der Waals surface area contributed by atoms with E-state index in [4.69, 9.17) is 4.74 Å². The summed E-state index contributed by atoms with van der Waals surface area (Å²) < 4.78 is 5.35. The van der Waals surface area contributed by atoms with Gasteiger partial charge < -0.3 is 4.74 Å². The highest BCUT2D eigenvalue weighted by Crippen LogP contribution is 2.24. The molecule has 2 rings (SSSR count). The van der Waals surface area contributed by atoms with Crippen molar-refractivity contribution in [2.75, 3.05) is 26.3 Å². The monoisotopic (exact) mass is 181 g/mol. The highest BCUT2D eigenvalue weighted by atomic mass is 16.5. The Morgan fingerprint density at radius 2 is 2.15 bits per heavy atom. The second-order valence-corrected chi connectivity index (χ2v) is 4.00. The Bertz CT molecular complexity index is 194. The molecule has 1 atom stereocenters. The van der Waals surface area contributed by atoms with Crippen molar-refractivity contribution in [1.29, 1.82) is 0 Å². The number of rotatable bonds is 2. The summed E-state index contributed by atoms with van der Waals surface area (Å²) >= 11 is 0. The summed E-state index contributed by atoms with van der Waals surface area (Å²) in [4.78, 5) is 2.54. The first-order valence-corrected chi connectivity index (χ1v) is 5.38. The molecule has 1 aliphatic heterocycles. The molecule has 2 aliphatic rings. The molecule has 0 radical (unpaired) electrons. The summed E-state index contributed by atoms with van der Waals surface area (Å²) in [6, 6.07) is 0.659. The van der Waals surface area contributed by atoms with Gasteiger partial charge in [0.2, 0.25) is 0 Å². The number of morpholine rings is 1. The van der Waals surface area contributed by atoms with Gasteiger partial charge in [-0.3, -0.25) is 4.90 Å². The Balaban J connectivity index is 1.90. The van der Waals surface area contributed by atoms with E-state index in [0.717, 1.165) is 26.3 Å². The lowest BCUT2D eigenvalue weighted by molar-refractivity contribution is 0.0264. The van der Waals surface area contributed by atoms with Crippen LogP contribution in [0, 0.1) is 0 Å². The molecule has 74 valence electrons. The van der Waals surface area contributed by atoms with E-state index in [1.54, 1.807) is 5.57 Å². The van der Waals surface area contributed by atoms with Gasteiger partial charge in [0.1, 0.15) is 0 Å². The van der Waals surface area contributed by atoms with Crippen molar-refractivity contribution < 1.29 is 4.74 Å². The second kappa shape index (κ2) is 4.25. The predicted molar refractivity (Wildman–Crippen MR) is 53.8 cm³/mol. The third-order valence-electron chi connectivity index (χ3n) is 3.21. The molecule has 0 aromatic heterocycles. The van der Waals surface area contributed by atoms with Crippen LogP contribution < -0.4 is 0 Å². The minimum absolute atomic E-state index is 0.659. The fourth-order valence-corrected chi connectivity index (χ4v) is 2.27. The Hall–Kier alpha value is -0.340. The number of hydrogen-bond donors (Lipinski definition) is 0. The van der Waals surface area contributed by atoms with Crippen LogP contribution >= 0.6 is 0 Å². The van der Waals surface area contributed by atoms with Crippen molar-refractivity contribution >= 4 is 0 Å². The van der Waals surface area contributed by atoms with Gasteiger partial charge in [0.05, 0.1) is 13.2 Å². The van der Waals surface area contributed by atoms with Crippen molar-refractivity contribution in [2.45, 2.75) is 32.2 Å². The molecular weight excluding hydrogens is 162 g/mol. The smallest absolute Gasteiger partial charge is 0.0594 e. The van der Waals surface area contributed by atoms with Crippen LogP contribution in [0.2, 0.25) is 0 Å². The van der Waals surface area contributed by atoms with E-state index in [0.29, 0.717) is 6.04 Å². The molecule has 2 heteroatoms. The van der Waals surface area contributed by atoms with E-state index in [1.807, 2.05) is 0 Å². The van der Waals surface area contributed by atoms with Crippen LogP contribution in [0.5, 0.6) is 0 Å². The molecule has 1 aliphatic carbocycles. The summed E-state index contributed by atoms with van der Waals surface area (Å²) in [5, 5.41) is 0. The standard InChI is InChI=1S/C11H19NO/c1-10(11-4-2-3-5-11)12-6-8-13-9-7-12/h4,10H,2-3,5-9H2,1H3. The Kier molecular flexibility index (Phi) is 3.01. The van der Waals surface area contributed by atoms with Gasteiger partial charge >= 0.3 is 0 Å². The van der Waals surface area contributed by atoms with Crippen LogP contribution in [0.25, 0.3) is 0 Å². The zero-order valence-corrected chi connectivity index (χ0v) is 8.46. The van der Waals surface area contributed by atoms with E-state index in [-0.39, 0.29) is 0 Å². The van der Waals surface area contributed by atoms with Crippen LogP contribution in [0.3, 0.4) is 0 Å². The summed E-state index contributed by atoms with van der Waals surface area (Å²) in [6.45, 7) is 6.38. The number of ether oxygens (including phenoxy) is 1. The average molecular weight is 181 g/mol. The fraction of sp³-hybridized carbons (Fsp3) is 0.818. The van der Waals surface area contributed by atoms with E-state index < -0.39 is 0 Å². The van der Waals surface area contributed by atoms with E-state index >= 15 is 0 Å². The highest BCUT2D eigenvalue weighted by molar-refractivity contribution is 5.14. The van der Waals surface area contributed by atoms with Gasteiger partial charge in [-0.05, 0) is 26.2 Å². The quantitative estimate of drug-likeness (QED) is 0.602.